The number of aromatic hydroxyl groups is 2. The maximum atomic E-state index is 12.7. The van der Waals surface area contributed by atoms with Crippen LogP contribution in [0.1, 0.15) is 22.1 Å². The number of fused-ring (bicyclic) bond motifs is 3. The number of rotatable bonds is 5. The minimum atomic E-state index is -1.23. The number of phenolic OH excluding ortho intramolecular Hbond substituents is 1. The van der Waals surface area contributed by atoms with Gasteiger partial charge in [-0.2, -0.15) is 0 Å². The van der Waals surface area contributed by atoms with Crippen LogP contribution >= 0.6 is 0 Å². The molecular weight excluding hydrogens is 550 g/mol. The van der Waals surface area contributed by atoms with Crippen LogP contribution in [0.3, 0.4) is 0 Å². The van der Waals surface area contributed by atoms with Crippen molar-refractivity contribution in [3.63, 3.8) is 0 Å². The van der Waals surface area contributed by atoms with E-state index in [1.807, 2.05) is 42.5 Å². The van der Waals surface area contributed by atoms with E-state index in [1.54, 1.807) is 50.6 Å². The molecule has 12 nitrogen and oxygen atoms in total. The SMILES string of the molecule is CC(=O)n1c2ccc(-n3cc(-c4cccc(O)c4)nn3)cc2c2cc(-n3cc(-c4ccc(C(=O)O)c(O)c4)nn3)ccc21. The number of carboxylic acid groups (broad SMARTS) is 1. The summed E-state index contributed by atoms with van der Waals surface area (Å²) in [7, 11) is 0. The van der Waals surface area contributed by atoms with Crippen LogP contribution in [0, 0.1) is 0 Å². The summed E-state index contributed by atoms with van der Waals surface area (Å²) in [5, 5.41) is 47.7. The summed E-state index contributed by atoms with van der Waals surface area (Å²) in [4.78, 5) is 24.0. The first-order valence-electron chi connectivity index (χ1n) is 13.1. The van der Waals surface area contributed by atoms with Crippen LogP contribution in [0.25, 0.3) is 55.7 Å². The van der Waals surface area contributed by atoms with Gasteiger partial charge in [-0.3, -0.25) is 9.36 Å². The standard InChI is InChI=1S/C31H21N7O5/c1-17(39)38-28-9-6-20(36-15-26(32-34-36)18-3-2-4-22(40)11-18)13-24(28)25-14-21(7-10-29(25)38)37-16-27(33-35-37)19-5-8-23(31(42)43)30(41)12-19/h2-16,40-41H,1H3,(H,42,43). The molecule has 3 aromatic heterocycles. The van der Waals surface area contributed by atoms with E-state index < -0.39 is 5.97 Å². The monoisotopic (exact) mass is 571 g/mol. The average molecular weight is 572 g/mol. The van der Waals surface area contributed by atoms with Crippen LogP contribution < -0.4 is 0 Å². The van der Waals surface area contributed by atoms with Gasteiger partial charge in [0.2, 0.25) is 5.91 Å². The predicted octanol–water partition coefficient (Wildman–Crippen LogP) is 5.06. The Morgan fingerprint density at radius 2 is 1.28 bits per heavy atom. The molecule has 0 aliphatic rings. The zero-order valence-electron chi connectivity index (χ0n) is 22.4. The Morgan fingerprint density at radius 1 is 0.698 bits per heavy atom. The molecule has 0 unspecified atom stereocenters. The van der Waals surface area contributed by atoms with Crippen molar-refractivity contribution in [1.29, 1.82) is 0 Å². The van der Waals surface area contributed by atoms with Crippen LogP contribution in [0.4, 0.5) is 0 Å². The number of nitrogens with zero attached hydrogens (tertiary/aromatic N) is 7. The normalized spacial score (nSPS) is 11.4. The van der Waals surface area contributed by atoms with Crippen LogP contribution in [0.15, 0.2) is 91.3 Å². The molecule has 0 aliphatic heterocycles. The number of aromatic carboxylic acids is 1. The summed E-state index contributed by atoms with van der Waals surface area (Å²) in [5.41, 5.74) is 4.92. The largest absolute Gasteiger partial charge is 0.508 e. The zero-order valence-corrected chi connectivity index (χ0v) is 22.4. The number of aromatic nitrogens is 7. The molecule has 0 spiro atoms. The maximum Gasteiger partial charge on any atom is 0.339 e. The smallest absolute Gasteiger partial charge is 0.339 e. The molecule has 0 amide bonds. The summed E-state index contributed by atoms with van der Waals surface area (Å²) in [6.45, 7) is 1.51. The molecule has 0 aliphatic carbocycles. The quantitative estimate of drug-likeness (QED) is 0.256. The molecular formula is C31H21N7O5. The third-order valence-electron chi connectivity index (χ3n) is 7.23. The fourth-order valence-electron chi connectivity index (χ4n) is 5.21. The lowest BCUT2D eigenvalue weighted by Crippen LogP contribution is -2.05. The van der Waals surface area contributed by atoms with Crippen LogP contribution in [0.2, 0.25) is 0 Å². The molecule has 0 fully saturated rings. The lowest BCUT2D eigenvalue weighted by Gasteiger charge is -2.04. The van der Waals surface area contributed by atoms with Crippen molar-refractivity contribution in [2.45, 2.75) is 6.92 Å². The van der Waals surface area contributed by atoms with Crippen molar-refractivity contribution in [3.8, 4) is 45.4 Å². The molecule has 3 heterocycles. The minimum Gasteiger partial charge on any atom is -0.508 e. The summed E-state index contributed by atoms with van der Waals surface area (Å²) < 4.78 is 4.85. The van der Waals surface area contributed by atoms with Crippen molar-refractivity contribution in [3.05, 3.63) is 96.8 Å². The van der Waals surface area contributed by atoms with Crippen LogP contribution in [-0.2, 0) is 0 Å². The number of carbonyl (C=O) groups is 2. The highest BCUT2D eigenvalue weighted by atomic mass is 16.4. The van der Waals surface area contributed by atoms with Gasteiger partial charge in [-0.05, 0) is 60.7 Å². The topological polar surface area (TPSA) is 161 Å². The molecule has 7 aromatic rings. The molecule has 0 atom stereocenters. The Kier molecular flexibility index (Phi) is 5.76. The van der Waals surface area contributed by atoms with Gasteiger partial charge in [-0.25, -0.2) is 14.2 Å². The number of hydrogen-bond donors (Lipinski definition) is 3. The second kappa shape index (κ2) is 9.66. The Balaban J connectivity index is 1.31. The number of benzene rings is 4. The summed E-state index contributed by atoms with van der Waals surface area (Å²) in [6, 6.07) is 22.2. The van der Waals surface area contributed by atoms with Gasteiger partial charge in [-0.1, -0.05) is 28.6 Å². The van der Waals surface area contributed by atoms with Crippen molar-refractivity contribution in [2.75, 3.05) is 0 Å². The molecule has 43 heavy (non-hydrogen) atoms. The minimum absolute atomic E-state index is 0.134. The molecule has 210 valence electrons. The zero-order chi connectivity index (χ0) is 29.8. The third-order valence-corrected chi connectivity index (χ3v) is 7.23. The molecule has 0 saturated carbocycles. The molecule has 7 rings (SSSR count). The number of phenols is 2. The van der Waals surface area contributed by atoms with Gasteiger partial charge in [0.15, 0.2) is 0 Å². The predicted molar refractivity (Wildman–Crippen MR) is 157 cm³/mol. The van der Waals surface area contributed by atoms with E-state index in [0.717, 1.165) is 33.1 Å². The van der Waals surface area contributed by atoms with E-state index in [0.29, 0.717) is 22.6 Å². The van der Waals surface area contributed by atoms with Gasteiger partial charge in [0.05, 0.1) is 34.8 Å². The van der Waals surface area contributed by atoms with E-state index in [2.05, 4.69) is 20.6 Å². The summed E-state index contributed by atoms with van der Waals surface area (Å²) in [5.74, 6) is -1.60. The Morgan fingerprint density at radius 3 is 1.79 bits per heavy atom. The summed E-state index contributed by atoms with van der Waals surface area (Å²) >= 11 is 0. The van der Waals surface area contributed by atoms with Crippen LogP contribution in [0.5, 0.6) is 11.5 Å². The third kappa shape index (κ3) is 4.34. The second-order valence-electron chi connectivity index (χ2n) is 9.94. The van der Waals surface area contributed by atoms with Crippen molar-refractivity contribution in [2.24, 2.45) is 0 Å². The van der Waals surface area contributed by atoms with Gasteiger partial charge in [0.25, 0.3) is 0 Å². The van der Waals surface area contributed by atoms with Gasteiger partial charge < -0.3 is 15.3 Å². The summed E-state index contributed by atoms with van der Waals surface area (Å²) in [6.07, 6.45) is 3.44. The van der Waals surface area contributed by atoms with Gasteiger partial charge in [0, 0.05) is 28.8 Å². The van der Waals surface area contributed by atoms with E-state index >= 15 is 0 Å². The van der Waals surface area contributed by atoms with Crippen molar-refractivity contribution in [1.82, 2.24) is 34.6 Å². The average Bonchev–Trinajstić information content (AvgIpc) is 3.74. The van der Waals surface area contributed by atoms with E-state index in [1.165, 1.54) is 19.1 Å². The second-order valence-corrected chi connectivity index (χ2v) is 9.94. The lowest BCUT2D eigenvalue weighted by atomic mass is 10.1. The molecule has 4 aromatic carbocycles. The van der Waals surface area contributed by atoms with E-state index in [9.17, 15) is 24.9 Å². The first kappa shape index (κ1) is 25.7. The number of carboxylic acids is 1. The van der Waals surface area contributed by atoms with Gasteiger partial charge in [-0.15, -0.1) is 10.2 Å². The van der Waals surface area contributed by atoms with E-state index in [4.69, 9.17) is 0 Å². The van der Waals surface area contributed by atoms with Crippen LogP contribution in [-0.4, -0.2) is 61.8 Å². The van der Waals surface area contributed by atoms with E-state index in [-0.39, 0.29) is 23.0 Å². The highest BCUT2D eigenvalue weighted by Gasteiger charge is 2.17. The first-order valence-corrected chi connectivity index (χ1v) is 13.1. The molecule has 3 N–H and O–H groups in total. The first-order chi connectivity index (χ1) is 20.8. The van der Waals surface area contributed by atoms with Crippen molar-refractivity contribution >= 4 is 33.7 Å². The highest BCUT2D eigenvalue weighted by molar-refractivity contribution is 6.14. The Bertz CT molecular complexity index is 2240. The molecule has 0 radical (unpaired) electrons. The van der Waals surface area contributed by atoms with Gasteiger partial charge in [0.1, 0.15) is 28.5 Å². The fourth-order valence-corrected chi connectivity index (χ4v) is 5.21. The van der Waals surface area contributed by atoms with Crippen molar-refractivity contribution < 1.29 is 24.9 Å². The maximum absolute atomic E-state index is 12.7. The Hall–Kier alpha value is -6.30. The lowest BCUT2D eigenvalue weighted by molar-refractivity contribution is 0.0693. The fraction of sp³-hybridized carbons (Fsp3) is 0.0323. The highest BCUT2D eigenvalue weighted by Crippen LogP contribution is 2.33. The van der Waals surface area contributed by atoms with Gasteiger partial charge >= 0.3 is 5.97 Å². The molecule has 0 saturated heterocycles. The molecule has 0 bridgehead atoms. The molecule has 12 heteroatoms. The Labute approximate surface area is 242 Å². The number of hydrogen-bond acceptors (Lipinski definition) is 8. The number of carbonyl (C=O) groups excluding carboxylic acids is 1.